The fourth-order valence-corrected chi connectivity index (χ4v) is 2.47. The summed E-state index contributed by atoms with van der Waals surface area (Å²) in [6.07, 6.45) is 1.77. The quantitative estimate of drug-likeness (QED) is 0.539. The summed E-state index contributed by atoms with van der Waals surface area (Å²) in [4.78, 5) is 12.7. The molecule has 1 aliphatic heterocycles. The molecule has 1 saturated heterocycles. The Morgan fingerprint density at radius 1 is 1.58 bits per heavy atom. The number of carboxylic acid groups (broad SMARTS) is 1. The van der Waals surface area contributed by atoms with Crippen LogP contribution in [0.1, 0.15) is 19.8 Å². The van der Waals surface area contributed by atoms with Crippen molar-refractivity contribution in [2.45, 2.75) is 25.9 Å². The van der Waals surface area contributed by atoms with Gasteiger partial charge < -0.3 is 25.2 Å². The summed E-state index contributed by atoms with van der Waals surface area (Å²) in [5, 5.41) is 21.3. The molecule has 0 radical (unpaired) electrons. The third-order valence-corrected chi connectivity index (χ3v) is 3.30. The summed E-state index contributed by atoms with van der Waals surface area (Å²) in [5.74, 6) is -0.354. The van der Waals surface area contributed by atoms with Crippen molar-refractivity contribution in [2.24, 2.45) is 5.92 Å². The molecule has 0 aliphatic carbocycles. The summed E-state index contributed by atoms with van der Waals surface area (Å²) in [5.41, 5.74) is 0. The highest BCUT2D eigenvalue weighted by atomic mass is 16.5. The number of nitrogens with zero attached hydrogens (tertiary/aromatic N) is 1. The van der Waals surface area contributed by atoms with Gasteiger partial charge in [-0.05, 0) is 38.8 Å². The van der Waals surface area contributed by atoms with E-state index in [1.165, 1.54) is 0 Å². The van der Waals surface area contributed by atoms with E-state index < -0.39 is 12.1 Å². The van der Waals surface area contributed by atoms with Crippen LogP contribution < -0.4 is 5.32 Å². The van der Waals surface area contributed by atoms with Gasteiger partial charge in [0.15, 0.2) is 0 Å². The lowest BCUT2D eigenvalue weighted by Crippen LogP contribution is -2.44. The largest absolute Gasteiger partial charge is 0.480 e. The fraction of sp³-hybridized carbons (Fsp3) is 0.923. The Morgan fingerprint density at radius 2 is 2.37 bits per heavy atom. The second-order valence-corrected chi connectivity index (χ2v) is 5.11. The first kappa shape index (κ1) is 16.4. The Morgan fingerprint density at radius 3 is 3.05 bits per heavy atom. The highest BCUT2D eigenvalue weighted by molar-refractivity contribution is 5.68. The first-order valence-corrected chi connectivity index (χ1v) is 7.02. The number of aliphatic carboxylic acids is 1. The van der Waals surface area contributed by atoms with E-state index in [0.717, 1.165) is 32.5 Å². The van der Waals surface area contributed by atoms with Crippen LogP contribution in [0.15, 0.2) is 0 Å². The van der Waals surface area contributed by atoms with Crippen molar-refractivity contribution in [1.29, 1.82) is 0 Å². The Hall–Kier alpha value is -0.690. The standard InChI is InChI=1S/C13H26N2O4/c1-2-19-10-12(16)9-15-5-3-4-11(8-15)6-14-7-13(17)18/h11-12,14,16H,2-10H2,1H3,(H,17,18). The number of carbonyl (C=O) groups is 1. The van der Waals surface area contributed by atoms with Crippen molar-refractivity contribution in [3.63, 3.8) is 0 Å². The molecule has 19 heavy (non-hydrogen) atoms. The van der Waals surface area contributed by atoms with E-state index in [2.05, 4.69) is 10.2 Å². The minimum Gasteiger partial charge on any atom is -0.480 e. The summed E-state index contributed by atoms with van der Waals surface area (Å²) in [6, 6.07) is 0. The summed E-state index contributed by atoms with van der Waals surface area (Å²) < 4.78 is 5.20. The van der Waals surface area contributed by atoms with Crippen LogP contribution in [0.4, 0.5) is 0 Å². The van der Waals surface area contributed by atoms with Gasteiger partial charge in [0.1, 0.15) is 0 Å². The van der Waals surface area contributed by atoms with Gasteiger partial charge in [-0.3, -0.25) is 4.79 Å². The van der Waals surface area contributed by atoms with Gasteiger partial charge in [-0.15, -0.1) is 0 Å². The molecule has 0 amide bonds. The lowest BCUT2D eigenvalue weighted by molar-refractivity contribution is -0.136. The zero-order valence-corrected chi connectivity index (χ0v) is 11.7. The summed E-state index contributed by atoms with van der Waals surface area (Å²) >= 11 is 0. The zero-order valence-electron chi connectivity index (χ0n) is 11.7. The van der Waals surface area contributed by atoms with E-state index in [-0.39, 0.29) is 6.54 Å². The van der Waals surface area contributed by atoms with Crippen molar-refractivity contribution in [2.75, 3.05) is 45.9 Å². The van der Waals surface area contributed by atoms with Crippen LogP contribution in [0.3, 0.4) is 0 Å². The molecule has 1 fully saturated rings. The second kappa shape index (κ2) is 9.25. The van der Waals surface area contributed by atoms with Crippen LogP contribution in [0.25, 0.3) is 0 Å². The van der Waals surface area contributed by atoms with Gasteiger partial charge in [0.25, 0.3) is 0 Å². The van der Waals surface area contributed by atoms with Gasteiger partial charge in [-0.2, -0.15) is 0 Å². The lowest BCUT2D eigenvalue weighted by atomic mass is 9.97. The third kappa shape index (κ3) is 7.47. The molecule has 0 spiro atoms. The van der Waals surface area contributed by atoms with Crippen LogP contribution in [0.2, 0.25) is 0 Å². The number of hydrogen-bond acceptors (Lipinski definition) is 5. The van der Waals surface area contributed by atoms with Crippen molar-refractivity contribution >= 4 is 5.97 Å². The Labute approximate surface area is 114 Å². The number of likely N-dealkylation sites (tertiary alicyclic amines) is 1. The van der Waals surface area contributed by atoms with Gasteiger partial charge in [0.05, 0.1) is 19.3 Å². The second-order valence-electron chi connectivity index (χ2n) is 5.11. The molecule has 0 aromatic carbocycles. The van der Waals surface area contributed by atoms with Crippen LogP contribution in [-0.2, 0) is 9.53 Å². The van der Waals surface area contributed by atoms with Gasteiger partial charge in [0, 0.05) is 19.7 Å². The van der Waals surface area contributed by atoms with Crippen molar-refractivity contribution in [1.82, 2.24) is 10.2 Å². The van der Waals surface area contributed by atoms with E-state index in [0.29, 0.717) is 25.7 Å². The maximum absolute atomic E-state index is 10.4. The van der Waals surface area contributed by atoms with Gasteiger partial charge in [-0.1, -0.05) is 0 Å². The van der Waals surface area contributed by atoms with Crippen LogP contribution in [0, 0.1) is 5.92 Å². The number of rotatable bonds is 9. The molecule has 2 unspecified atom stereocenters. The van der Waals surface area contributed by atoms with Crippen LogP contribution in [0.5, 0.6) is 0 Å². The monoisotopic (exact) mass is 274 g/mol. The minimum atomic E-state index is -0.820. The lowest BCUT2D eigenvalue weighted by Gasteiger charge is -2.33. The Bertz CT molecular complexity index is 263. The van der Waals surface area contributed by atoms with Crippen LogP contribution >= 0.6 is 0 Å². The highest BCUT2D eigenvalue weighted by Gasteiger charge is 2.21. The molecular formula is C13H26N2O4. The number of aliphatic hydroxyl groups excluding tert-OH is 1. The summed E-state index contributed by atoms with van der Waals surface area (Å²) in [7, 11) is 0. The summed E-state index contributed by atoms with van der Waals surface area (Å²) in [6.45, 7) is 6.21. The van der Waals surface area contributed by atoms with Crippen molar-refractivity contribution < 1.29 is 19.7 Å². The molecule has 6 heteroatoms. The SMILES string of the molecule is CCOCC(O)CN1CCCC(CNCC(=O)O)C1. The molecule has 0 aromatic rings. The fourth-order valence-electron chi connectivity index (χ4n) is 2.47. The third-order valence-electron chi connectivity index (χ3n) is 3.30. The number of aliphatic hydroxyl groups is 1. The maximum atomic E-state index is 10.4. The molecule has 3 N–H and O–H groups in total. The molecular weight excluding hydrogens is 248 g/mol. The molecule has 2 atom stereocenters. The molecule has 1 heterocycles. The topological polar surface area (TPSA) is 82.0 Å². The van der Waals surface area contributed by atoms with E-state index in [1.807, 2.05) is 6.92 Å². The molecule has 0 aromatic heterocycles. The normalized spacial score (nSPS) is 22.3. The van der Waals surface area contributed by atoms with E-state index in [4.69, 9.17) is 9.84 Å². The van der Waals surface area contributed by atoms with E-state index in [9.17, 15) is 9.90 Å². The molecule has 1 rings (SSSR count). The maximum Gasteiger partial charge on any atom is 0.317 e. The minimum absolute atomic E-state index is 0.0173. The van der Waals surface area contributed by atoms with Crippen molar-refractivity contribution in [3.05, 3.63) is 0 Å². The van der Waals surface area contributed by atoms with Gasteiger partial charge in [-0.25, -0.2) is 0 Å². The number of hydrogen-bond donors (Lipinski definition) is 3. The van der Waals surface area contributed by atoms with Crippen LogP contribution in [-0.4, -0.2) is 73.1 Å². The smallest absolute Gasteiger partial charge is 0.317 e. The number of carboxylic acids is 1. The number of nitrogens with one attached hydrogen (secondary N) is 1. The van der Waals surface area contributed by atoms with E-state index in [1.54, 1.807) is 0 Å². The molecule has 112 valence electrons. The molecule has 0 bridgehead atoms. The number of ether oxygens (including phenoxy) is 1. The average Bonchev–Trinajstić information content (AvgIpc) is 2.36. The number of piperidine rings is 1. The van der Waals surface area contributed by atoms with Gasteiger partial charge >= 0.3 is 5.97 Å². The molecule has 0 saturated carbocycles. The zero-order chi connectivity index (χ0) is 14.1. The highest BCUT2D eigenvalue weighted by Crippen LogP contribution is 2.15. The predicted molar refractivity (Wildman–Crippen MR) is 72.2 cm³/mol. The average molecular weight is 274 g/mol. The Balaban J connectivity index is 2.19. The molecule has 1 aliphatic rings. The predicted octanol–water partition coefficient (Wildman–Crippen LogP) is -0.230. The first-order chi connectivity index (χ1) is 9.11. The van der Waals surface area contributed by atoms with E-state index >= 15 is 0 Å². The number of β-amino-alcohol motifs (C(OH)–C–C–N with tert-alkyl or cyclic N) is 1. The van der Waals surface area contributed by atoms with Gasteiger partial charge in [0.2, 0.25) is 0 Å². The first-order valence-electron chi connectivity index (χ1n) is 7.02. The Kier molecular flexibility index (Phi) is 7.97. The molecule has 6 nitrogen and oxygen atoms in total. The van der Waals surface area contributed by atoms with Crippen molar-refractivity contribution in [3.8, 4) is 0 Å².